The van der Waals surface area contributed by atoms with E-state index in [9.17, 15) is 4.79 Å². The van der Waals surface area contributed by atoms with Crippen molar-refractivity contribution >= 4 is 39.2 Å². The van der Waals surface area contributed by atoms with Crippen LogP contribution in [0.4, 0.5) is 0 Å². The monoisotopic (exact) mass is 266 g/mol. The molecule has 0 spiro atoms. The molecule has 2 aromatic rings. The molecule has 2 rings (SSSR count). The van der Waals surface area contributed by atoms with Crippen LogP contribution in [0.15, 0.2) is 28.6 Å². The van der Waals surface area contributed by atoms with Crippen molar-refractivity contribution in [2.45, 2.75) is 17.7 Å². The molecule has 0 unspecified atom stereocenters. The van der Waals surface area contributed by atoms with E-state index in [0.717, 1.165) is 22.8 Å². The first-order chi connectivity index (χ1) is 8.29. The molecule has 0 bridgehead atoms. The van der Waals surface area contributed by atoms with Gasteiger partial charge in [-0.05, 0) is 18.6 Å². The van der Waals surface area contributed by atoms with Crippen molar-refractivity contribution in [3.05, 3.63) is 24.3 Å². The molecule has 1 N–H and O–H groups in total. The highest BCUT2D eigenvalue weighted by atomic mass is 32.2. The second-order valence-electron chi connectivity index (χ2n) is 3.59. The molecule has 1 amide bonds. The van der Waals surface area contributed by atoms with E-state index in [1.807, 2.05) is 31.2 Å². The lowest BCUT2D eigenvalue weighted by atomic mass is 10.3. The number of para-hydroxylation sites is 1. The van der Waals surface area contributed by atoms with E-state index >= 15 is 0 Å². The number of hydrogen-bond donors (Lipinski definition) is 1. The van der Waals surface area contributed by atoms with Crippen LogP contribution in [0, 0.1) is 0 Å². The number of amides is 1. The first kappa shape index (κ1) is 12.4. The summed E-state index contributed by atoms with van der Waals surface area (Å²) in [6, 6.07) is 8.02. The second-order valence-corrected chi connectivity index (χ2v) is 5.84. The zero-order valence-electron chi connectivity index (χ0n) is 9.60. The average molecular weight is 266 g/mol. The summed E-state index contributed by atoms with van der Waals surface area (Å²) < 4.78 is 2.13. The first-order valence-corrected chi connectivity index (χ1v) is 7.35. The minimum Gasteiger partial charge on any atom is -0.355 e. The van der Waals surface area contributed by atoms with Gasteiger partial charge in [-0.2, -0.15) is 0 Å². The maximum Gasteiger partial charge on any atom is 0.230 e. The fourth-order valence-electron chi connectivity index (χ4n) is 1.36. The van der Waals surface area contributed by atoms with Crippen LogP contribution >= 0.6 is 23.1 Å². The molecule has 0 radical (unpaired) electrons. The number of fused-ring (bicyclic) bond motifs is 1. The van der Waals surface area contributed by atoms with Crippen molar-refractivity contribution in [2.24, 2.45) is 0 Å². The summed E-state index contributed by atoms with van der Waals surface area (Å²) in [5.74, 6) is 0.524. The molecule has 90 valence electrons. The van der Waals surface area contributed by atoms with Gasteiger partial charge in [0.15, 0.2) is 4.34 Å². The van der Waals surface area contributed by atoms with E-state index in [1.165, 1.54) is 16.5 Å². The Hall–Kier alpha value is -1.07. The molecule has 0 saturated heterocycles. The topological polar surface area (TPSA) is 42.0 Å². The highest BCUT2D eigenvalue weighted by Crippen LogP contribution is 2.28. The van der Waals surface area contributed by atoms with Crippen LogP contribution in [0.2, 0.25) is 0 Å². The molecular formula is C12H14N2OS2. The van der Waals surface area contributed by atoms with E-state index in [1.54, 1.807) is 11.3 Å². The van der Waals surface area contributed by atoms with E-state index in [2.05, 4.69) is 10.3 Å². The highest BCUT2D eigenvalue weighted by Gasteiger charge is 2.06. The molecule has 0 aliphatic heterocycles. The van der Waals surface area contributed by atoms with Crippen LogP contribution in [-0.4, -0.2) is 23.2 Å². The van der Waals surface area contributed by atoms with Gasteiger partial charge in [-0.15, -0.1) is 11.3 Å². The lowest BCUT2D eigenvalue weighted by Gasteiger charge is -2.00. The number of hydrogen-bond acceptors (Lipinski definition) is 4. The Morgan fingerprint density at radius 1 is 1.47 bits per heavy atom. The Kier molecular flexibility index (Phi) is 4.39. The number of benzene rings is 1. The number of thioether (sulfide) groups is 1. The van der Waals surface area contributed by atoms with Gasteiger partial charge in [0, 0.05) is 6.54 Å². The van der Waals surface area contributed by atoms with Gasteiger partial charge in [0.25, 0.3) is 0 Å². The SMILES string of the molecule is CCCNC(=O)CSc1nc2ccccc2s1. The lowest BCUT2D eigenvalue weighted by molar-refractivity contribution is -0.118. The van der Waals surface area contributed by atoms with E-state index in [4.69, 9.17) is 0 Å². The van der Waals surface area contributed by atoms with Gasteiger partial charge in [-0.3, -0.25) is 4.79 Å². The Labute approximate surface area is 109 Å². The van der Waals surface area contributed by atoms with Crippen molar-refractivity contribution < 1.29 is 4.79 Å². The van der Waals surface area contributed by atoms with Gasteiger partial charge in [0.2, 0.25) is 5.91 Å². The largest absolute Gasteiger partial charge is 0.355 e. The predicted molar refractivity (Wildman–Crippen MR) is 73.6 cm³/mol. The molecule has 0 aliphatic rings. The van der Waals surface area contributed by atoms with Gasteiger partial charge < -0.3 is 5.32 Å². The maximum absolute atomic E-state index is 11.4. The van der Waals surface area contributed by atoms with E-state index in [-0.39, 0.29) is 5.91 Å². The Balaban J connectivity index is 1.92. The van der Waals surface area contributed by atoms with Gasteiger partial charge in [-0.25, -0.2) is 4.98 Å². The number of nitrogens with one attached hydrogen (secondary N) is 1. The van der Waals surface area contributed by atoms with Crippen molar-refractivity contribution in [2.75, 3.05) is 12.3 Å². The molecule has 3 nitrogen and oxygen atoms in total. The third-order valence-corrected chi connectivity index (χ3v) is 4.35. The van der Waals surface area contributed by atoms with Crippen LogP contribution in [0.1, 0.15) is 13.3 Å². The molecule has 1 aromatic carbocycles. The fourth-order valence-corrected chi connectivity index (χ4v) is 3.25. The van der Waals surface area contributed by atoms with Gasteiger partial charge in [-0.1, -0.05) is 30.8 Å². The van der Waals surface area contributed by atoms with Gasteiger partial charge >= 0.3 is 0 Å². The van der Waals surface area contributed by atoms with Gasteiger partial charge in [0.05, 0.1) is 16.0 Å². The summed E-state index contributed by atoms with van der Waals surface area (Å²) in [6.07, 6.45) is 0.970. The summed E-state index contributed by atoms with van der Waals surface area (Å²) in [7, 11) is 0. The molecule has 1 aromatic heterocycles. The first-order valence-electron chi connectivity index (χ1n) is 5.54. The average Bonchev–Trinajstić information content (AvgIpc) is 2.76. The summed E-state index contributed by atoms with van der Waals surface area (Å²) >= 11 is 3.14. The van der Waals surface area contributed by atoms with Crippen molar-refractivity contribution in [3.8, 4) is 0 Å². The molecule has 0 aliphatic carbocycles. The molecular weight excluding hydrogens is 252 g/mol. The summed E-state index contributed by atoms with van der Waals surface area (Å²) in [6.45, 7) is 2.79. The molecule has 5 heteroatoms. The van der Waals surface area contributed by atoms with Crippen LogP contribution in [-0.2, 0) is 4.79 Å². The molecule has 0 fully saturated rings. The molecule has 1 heterocycles. The smallest absolute Gasteiger partial charge is 0.230 e. The number of aromatic nitrogens is 1. The van der Waals surface area contributed by atoms with Crippen LogP contribution < -0.4 is 5.32 Å². The van der Waals surface area contributed by atoms with Crippen molar-refractivity contribution in [1.29, 1.82) is 0 Å². The van der Waals surface area contributed by atoms with Crippen molar-refractivity contribution in [3.63, 3.8) is 0 Å². The standard InChI is InChI=1S/C12H14N2OS2/c1-2-7-13-11(15)8-16-12-14-9-5-3-4-6-10(9)17-12/h3-6H,2,7-8H2,1H3,(H,13,15). The number of thiazole rings is 1. The summed E-state index contributed by atoms with van der Waals surface area (Å²) in [5.41, 5.74) is 1.01. The predicted octanol–water partition coefficient (Wildman–Crippen LogP) is 2.91. The van der Waals surface area contributed by atoms with E-state index < -0.39 is 0 Å². The van der Waals surface area contributed by atoms with Crippen molar-refractivity contribution in [1.82, 2.24) is 10.3 Å². The van der Waals surface area contributed by atoms with Crippen LogP contribution in [0.25, 0.3) is 10.2 Å². The highest BCUT2D eigenvalue weighted by molar-refractivity contribution is 8.01. The molecule has 0 saturated carbocycles. The minimum atomic E-state index is 0.0797. The number of carbonyl (C=O) groups is 1. The van der Waals surface area contributed by atoms with Crippen LogP contribution in [0.3, 0.4) is 0 Å². The maximum atomic E-state index is 11.4. The quantitative estimate of drug-likeness (QED) is 0.846. The van der Waals surface area contributed by atoms with E-state index in [0.29, 0.717) is 5.75 Å². The Morgan fingerprint density at radius 2 is 2.29 bits per heavy atom. The zero-order valence-corrected chi connectivity index (χ0v) is 11.2. The zero-order chi connectivity index (χ0) is 12.1. The summed E-state index contributed by atoms with van der Waals surface area (Å²) in [4.78, 5) is 15.9. The normalized spacial score (nSPS) is 10.6. The van der Waals surface area contributed by atoms with Crippen LogP contribution in [0.5, 0.6) is 0 Å². The summed E-state index contributed by atoms with van der Waals surface area (Å²) in [5, 5.41) is 2.85. The third kappa shape index (κ3) is 3.44. The minimum absolute atomic E-state index is 0.0797. The fraction of sp³-hybridized carbons (Fsp3) is 0.333. The molecule has 0 atom stereocenters. The second kappa shape index (κ2) is 6.02. The molecule has 17 heavy (non-hydrogen) atoms. The van der Waals surface area contributed by atoms with Gasteiger partial charge in [0.1, 0.15) is 0 Å². The number of carbonyl (C=O) groups excluding carboxylic acids is 1. The number of rotatable bonds is 5. The Morgan fingerprint density at radius 3 is 3.06 bits per heavy atom. The third-order valence-electron chi connectivity index (χ3n) is 2.17. The lowest BCUT2D eigenvalue weighted by Crippen LogP contribution is -2.25. The number of nitrogens with zero attached hydrogens (tertiary/aromatic N) is 1. The Bertz CT molecular complexity index is 477.